The number of nitrogens with one attached hydrogen (secondary N) is 1. The van der Waals surface area contributed by atoms with Crippen LogP contribution in [0.25, 0.3) is 0 Å². The van der Waals surface area contributed by atoms with Crippen LogP contribution in [0.5, 0.6) is 17.2 Å². The molecule has 2 rings (SSSR count). The number of aromatic hydroxyl groups is 1. The first-order chi connectivity index (χ1) is 13.4. The van der Waals surface area contributed by atoms with Gasteiger partial charge in [0.15, 0.2) is 18.1 Å². The molecule has 0 heterocycles. The number of hydrazone groups is 1. The van der Waals surface area contributed by atoms with E-state index in [9.17, 15) is 9.90 Å². The van der Waals surface area contributed by atoms with Gasteiger partial charge in [-0.3, -0.25) is 4.79 Å². The van der Waals surface area contributed by atoms with Crippen LogP contribution in [0, 0.1) is 0 Å². The highest BCUT2D eigenvalue weighted by atomic mass is 35.5. The quantitative estimate of drug-likeness (QED) is 0.476. The van der Waals surface area contributed by atoms with Crippen molar-refractivity contribution in [1.29, 1.82) is 0 Å². The Hall–Kier alpha value is -2.73. The van der Waals surface area contributed by atoms with E-state index in [-0.39, 0.29) is 23.1 Å². The zero-order chi connectivity index (χ0) is 20.5. The van der Waals surface area contributed by atoms with E-state index in [2.05, 4.69) is 24.4 Å². The summed E-state index contributed by atoms with van der Waals surface area (Å²) in [5.41, 5.74) is 4.20. The van der Waals surface area contributed by atoms with Crippen molar-refractivity contribution in [2.24, 2.45) is 5.10 Å². The third-order valence-electron chi connectivity index (χ3n) is 4.18. The average Bonchev–Trinajstić information content (AvgIpc) is 2.70. The fourth-order valence-corrected chi connectivity index (χ4v) is 2.64. The number of nitrogens with zero attached hydrogens (tertiary/aromatic N) is 1. The first kappa shape index (κ1) is 21.6. The smallest absolute Gasteiger partial charge is 0.277 e. The Labute approximate surface area is 170 Å². The van der Waals surface area contributed by atoms with Crippen LogP contribution in [-0.4, -0.2) is 30.4 Å². The summed E-state index contributed by atoms with van der Waals surface area (Å²) in [5.74, 6) is 0.850. The number of phenolic OH excluding ortho intramolecular Hbond substituents is 1. The highest BCUT2D eigenvalue weighted by Gasteiger charge is 2.09. The van der Waals surface area contributed by atoms with Gasteiger partial charge in [-0.05, 0) is 54.7 Å². The Morgan fingerprint density at radius 1 is 1.25 bits per heavy atom. The maximum absolute atomic E-state index is 11.9. The molecule has 2 N–H and O–H groups in total. The summed E-state index contributed by atoms with van der Waals surface area (Å²) in [5, 5.41) is 13.8. The van der Waals surface area contributed by atoms with Crippen molar-refractivity contribution >= 4 is 23.7 Å². The molecule has 6 nitrogen and oxygen atoms in total. The predicted molar refractivity (Wildman–Crippen MR) is 111 cm³/mol. The van der Waals surface area contributed by atoms with Gasteiger partial charge in [0.2, 0.25) is 0 Å². The summed E-state index contributed by atoms with van der Waals surface area (Å²) in [6, 6.07) is 10.8. The minimum absolute atomic E-state index is 0.127. The van der Waals surface area contributed by atoms with E-state index in [1.165, 1.54) is 17.8 Å². The summed E-state index contributed by atoms with van der Waals surface area (Å²) >= 11 is 5.95. The van der Waals surface area contributed by atoms with E-state index in [0.29, 0.717) is 23.8 Å². The van der Waals surface area contributed by atoms with E-state index in [0.717, 1.165) is 6.42 Å². The topological polar surface area (TPSA) is 80.2 Å². The lowest BCUT2D eigenvalue weighted by atomic mass is 9.99. The minimum Gasteiger partial charge on any atom is -0.503 e. The second-order valence-electron chi connectivity index (χ2n) is 6.24. The Morgan fingerprint density at radius 3 is 2.61 bits per heavy atom. The lowest BCUT2D eigenvalue weighted by Crippen LogP contribution is -2.24. The molecule has 0 aliphatic rings. The molecule has 0 bridgehead atoms. The molecule has 0 aliphatic heterocycles. The number of phenols is 1. The van der Waals surface area contributed by atoms with Gasteiger partial charge in [-0.2, -0.15) is 5.10 Å². The maximum Gasteiger partial charge on any atom is 0.277 e. The third kappa shape index (κ3) is 6.16. The number of amides is 1. The molecule has 0 spiro atoms. The molecule has 0 saturated carbocycles. The van der Waals surface area contributed by atoms with E-state index < -0.39 is 5.91 Å². The van der Waals surface area contributed by atoms with Gasteiger partial charge in [-0.25, -0.2) is 5.43 Å². The van der Waals surface area contributed by atoms with Gasteiger partial charge >= 0.3 is 0 Å². The summed E-state index contributed by atoms with van der Waals surface area (Å²) in [6.07, 6.45) is 2.48. The van der Waals surface area contributed by atoms with Gasteiger partial charge in [0, 0.05) is 0 Å². The monoisotopic (exact) mass is 404 g/mol. The van der Waals surface area contributed by atoms with Gasteiger partial charge in [0.25, 0.3) is 5.91 Å². The summed E-state index contributed by atoms with van der Waals surface area (Å²) < 4.78 is 10.8. The molecule has 0 radical (unpaired) electrons. The number of carbonyl (C=O) groups excluding carboxylic acids is 1. The number of halogens is 1. The molecule has 0 unspecified atom stereocenters. The Morgan fingerprint density at radius 2 is 1.96 bits per heavy atom. The number of benzene rings is 2. The Balaban J connectivity index is 1.87. The molecule has 28 heavy (non-hydrogen) atoms. The van der Waals surface area contributed by atoms with Crippen molar-refractivity contribution in [1.82, 2.24) is 5.43 Å². The van der Waals surface area contributed by atoms with Gasteiger partial charge in [-0.1, -0.05) is 37.6 Å². The fraction of sp³-hybridized carbons (Fsp3) is 0.333. The van der Waals surface area contributed by atoms with E-state index in [1.807, 2.05) is 24.3 Å². The van der Waals surface area contributed by atoms with E-state index in [4.69, 9.17) is 21.1 Å². The molecule has 2 aromatic carbocycles. The van der Waals surface area contributed by atoms with Gasteiger partial charge < -0.3 is 14.6 Å². The molecule has 2 aromatic rings. The minimum atomic E-state index is -0.392. The lowest BCUT2D eigenvalue weighted by molar-refractivity contribution is -0.123. The van der Waals surface area contributed by atoms with Crippen molar-refractivity contribution < 1.29 is 19.4 Å². The summed E-state index contributed by atoms with van der Waals surface area (Å²) in [6.45, 7) is 6.34. The van der Waals surface area contributed by atoms with Gasteiger partial charge in [0.1, 0.15) is 5.75 Å². The maximum atomic E-state index is 11.9. The first-order valence-electron chi connectivity index (χ1n) is 9.14. The highest BCUT2D eigenvalue weighted by Crippen LogP contribution is 2.34. The van der Waals surface area contributed by atoms with Gasteiger partial charge in [0.05, 0.1) is 17.8 Å². The third-order valence-corrected chi connectivity index (χ3v) is 4.47. The average molecular weight is 405 g/mol. The first-order valence-corrected chi connectivity index (χ1v) is 9.52. The SMILES string of the molecule is CCOc1cc(/C=N/NC(=O)COc2ccc([C@H](C)CC)cc2)cc(Cl)c1O. The van der Waals surface area contributed by atoms with Crippen LogP contribution in [-0.2, 0) is 4.79 Å². The van der Waals surface area contributed by atoms with Crippen LogP contribution in [0.15, 0.2) is 41.5 Å². The zero-order valence-electron chi connectivity index (χ0n) is 16.2. The fourth-order valence-electron chi connectivity index (χ4n) is 2.42. The lowest BCUT2D eigenvalue weighted by Gasteiger charge is -2.10. The van der Waals surface area contributed by atoms with Crippen LogP contribution in [0.4, 0.5) is 0 Å². The van der Waals surface area contributed by atoms with Crippen molar-refractivity contribution in [2.45, 2.75) is 33.1 Å². The zero-order valence-corrected chi connectivity index (χ0v) is 17.0. The van der Waals surface area contributed by atoms with Crippen LogP contribution >= 0.6 is 11.6 Å². The molecule has 150 valence electrons. The van der Waals surface area contributed by atoms with E-state index in [1.54, 1.807) is 13.0 Å². The molecular formula is C21H25ClN2O4. The highest BCUT2D eigenvalue weighted by molar-refractivity contribution is 6.32. The molecule has 1 atom stereocenters. The largest absolute Gasteiger partial charge is 0.503 e. The second-order valence-corrected chi connectivity index (χ2v) is 6.65. The summed E-state index contributed by atoms with van der Waals surface area (Å²) in [4.78, 5) is 11.9. The van der Waals surface area contributed by atoms with Crippen molar-refractivity contribution in [2.75, 3.05) is 13.2 Å². The second kappa shape index (κ2) is 10.6. The van der Waals surface area contributed by atoms with Crippen LogP contribution in [0.2, 0.25) is 5.02 Å². The van der Waals surface area contributed by atoms with Gasteiger partial charge in [-0.15, -0.1) is 0 Å². The molecule has 0 saturated heterocycles. The molecule has 0 aromatic heterocycles. The van der Waals surface area contributed by atoms with Crippen LogP contribution in [0.3, 0.4) is 0 Å². The Bertz CT molecular complexity index is 822. The Kier molecular flexibility index (Phi) is 8.14. The van der Waals surface area contributed by atoms with Crippen LogP contribution < -0.4 is 14.9 Å². The van der Waals surface area contributed by atoms with Crippen molar-refractivity contribution in [3.63, 3.8) is 0 Å². The standard InChI is InChI=1S/C21H25ClN2O4/c1-4-14(3)16-6-8-17(9-7-16)28-13-20(25)24-23-12-15-10-18(22)21(26)19(11-15)27-5-2/h6-12,14,26H,4-5,13H2,1-3H3,(H,24,25)/b23-12+/t14-/m1/s1. The molecular weight excluding hydrogens is 380 g/mol. The van der Waals surface area contributed by atoms with Crippen LogP contribution in [0.1, 0.15) is 44.2 Å². The number of ether oxygens (including phenoxy) is 2. The predicted octanol–water partition coefficient (Wildman–Crippen LogP) is 4.49. The van der Waals surface area contributed by atoms with Crippen molar-refractivity contribution in [3.8, 4) is 17.2 Å². The molecule has 0 aliphatic carbocycles. The molecule has 7 heteroatoms. The number of hydrogen-bond acceptors (Lipinski definition) is 5. The number of rotatable bonds is 9. The molecule has 0 fully saturated rings. The molecule has 1 amide bonds. The number of carbonyl (C=O) groups is 1. The normalized spacial score (nSPS) is 12.0. The number of hydrogen-bond donors (Lipinski definition) is 2. The summed E-state index contributed by atoms with van der Waals surface area (Å²) in [7, 11) is 0. The van der Waals surface area contributed by atoms with E-state index >= 15 is 0 Å². The van der Waals surface area contributed by atoms with Crippen molar-refractivity contribution in [3.05, 3.63) is 52.5 Å².